The van der Waals surface area contributed by atoms with E-state index >= 15 is 0 Å². The van der Waals surface area contributed by atoms with Gasteiger partial charge in [0.25, 0.3) is 0 Å². The molecule has 0 atom stereocenters. The van der Waals surface area contributed by atoms with E-state index in [9.17, 15) is 4.39 Å². The van der Waals surface area contributed by atoms with Gasteiger partial charge in [-0.3, -0.25) is 0 Å². The summed E-state index contributed by atoms with van der Waals surface area (Å²) < 4.78 is 13.9. The lowest BCUT2D eigenvalue weighted by atomic mass is 10.3. The van der Waals surface area contributed by atoms with Crippen molar-refractivity contribution in [1.29, 1.82) is 0 Å². The predicted molar refractivity (Wildman–Crippen MR) is 103 cm³/mol. The standard InChI is InChI=1S/C15H13BrClFN6S/c16-10-6-21-15(23-8-1-2-12(18)11(17)5-8)24-13(10)20-4-3-9-7-25-14(19)22-9/h1-2,5-7H,3-4H2,(H2,19,22)(H2,20,21,23,24). The maximum atomic E-state index is 13.2. The van der Waals surface area contributed by atoms with Gasteiger partial charge in [0.2, 0.25) is 5.95 Å². The van der Waals surface area contributed by atoms with Crippen LogP contribution >= 0.6 is 38.9 Å². The van der Waals surface area contributed by atoms with E-state index in [-0.39, 0.29) is 5.02 Å². The second-order valence-electron chi connectivity index (χ2n) is 5.00. The van der Waals surface area contributed by atoms with Crippen molar-refractivity contribution in [3.8, 4) is 0 Å². The number of anilines is 4. The van der Waals surface area contributed by atoms with Crippen LogP contribution in [0.25, 0.3) is 0 Å². The van der Waals surface area contributed by atoms with Gasteiger partial charge < -0.3 is 16.4 Å². The molecule has 0 amide bonds. The summed E-state index contributed by atoms with van der Waals surface area (Å²) in [5.74, 6) is 0.522. The van der Waals surface area contributed by atoms with Crippen molar-refractivity contribution < 1.29 is 4.39 Å². The number of aromatic nitrogens is 3. The Morgan fingerprint density at radius 1 is 1.32 bits per heavy atom. The zero-order chi connectivity index (χ0) is 17.8. The molecule has 1 aromatic carbocycles. The fourth-order valence-electron chi connectivity index (χ4n) is 2.00. The van der Waals surface area contributed by atoms with Gasteiger partial charge >= 0.3 is 0 Å². The maximum Gasteiger partial charge on any atom is 0.229 e. The van der Waals surface area contributed by atoms with E-state index in [1.54, 1.807) is 12.3 Å². The average molecular weight is 444 g/mol. The number of benzene rings is 1. The summed E-state index contributed by atoms with van der Waals surface area (Å²) in [6.07, 6.45) is 2.35. The van der Waals surface area contributed by atoms with Crippen LogP contribution in [0.3, 0.4) is 0 Å². The molecule has 6 nitrogen and oxygen atoms in total. The molecule has 0 saturated heterocycles. The molecular formula is C15H13BrClFN6S. The monoisotopic (exact) mass is 442 g/mol. The van der Waals surface area contributed by atoms with Crippen LogP contribution in [0.1, 0.15) is 5.69 Å². The van der Waals surface area contributed by atoms with E-state index in [0.29, 0.717) is 29.1 Å². The number of thiazole rings is 1. The molecule has 0 fully saturated rings. The molecule has 3 aromatic rings. The molecule has 0 aliphatic rings. The summed E-state index contributed by atoms with van der Waals surface area (Å²) in [6, 6.07) is 4.32. The van der Waals surface area contributed by atoms with Crippen molar-refractivity contribution in [3.63, 3.8) is 0 Å². The van der Waals surface area contributed by atoms with Gasteiger partial charge in [0.05, 0.1) is 15.2 Å². The van der Waals surface area contributed by atoms with Crippen LogP contribution in [-0.2, 0) is 6.42 Å². The second kappa shape index (κ2) is 7.94. The van der Waals surface area contributed by atoms with Gasteiger partial charge in [0.1, 0.15) is 11.6 Å². The van der Waals surface area contributed by atoms with E-state index in [1.165, 1.54) is 23.5 Å². The summed E-state index contributed by atoms with van der Waals surface area (Å²) in [5.41, 5.74) is 7.14. The van der Waals surface area contributed by atoms with Crippen LogP contribution in [0.15, 0.2) is 34.2 Å². The lowest BCUT2D eigenvalue weighted by Gasteiger charge is -2.10. The summed E-state index contributed by atoms with van der Waals surface area (Å²) in [4.78, 5) is 12.8. The van der Waals surface area contributed by atoms with Gasteiger partial charge in [-0.2, -0.15) is 4.98 Å². The average Bonchev–Trinajstić information content (AvgIpc) is 2.99. The van der Waals surface area contributed by atoms with Crippen LogP contribution in [0.5, 0.6) is 0 Å². The summed E-state index contributed by atoms with van der Waals surface area (Å²) >= 11 is 10.6. The van der Waals surface area contributed by atoms with E-state index in [1.807, 2.05) is 5.38 Å². The fraction of sp³-hybridized carbons (Fsp3) is 0.133. The van der Waals surface area contributed by atoms with E-state index < -0.39 is 5.82 Å². The molecule has 0 radical (unpaired) electrons. The Hall–Kier alpha value is -1.97. The first-order valence-corrected chi connectivity index (χ1v) is 9.24. The van der Waals surface area contributed by atoms with Crippen LogP contribution in [0.2, 0.25) is 5.02 Å². The molecule has 3 rings (SSSR count). The molecule has 10 heteroatoms. The van der Waals surface area contributed by atoms with Crippen molar-refractivity contribution in [2.45, 2.75) is 6.42 Å². The molecule has 4 N–H and O–H groups in total. The van der Waals surface area contributed by atoms with Crippen LogP contribution in [0.4, 0.5) is 27.0 Å². The highest BCUT2D eigenvalue weighted by Gasteiger charge is 2.07. The van der Waals surface area contributed by atoms with Crippen LogP contribution in [-0.4, -0.2) is 21.5 Å². The molecule has 0 spiro atoms. The number of hydrogen-bond acceptors (Lipinski definition) is 7. The minimum Gasteiger partial charge on any atom is -0.375 e. The van der Waals surface area contributed by atoms with Crippen molar-refractivity contribution >= 4 is 61.5 Å². The van der Waals surface area contributed by atoms with Gasteiger partial charge in [-0.1, -0.05) is 11.6 Å². The molecular weight excluding hydrogens is 431 g/mol. The molecule has 0 aliphatic heterocycles. The Labute approximate surface area is 160 Å². The van der Waals surface area contributed by atoms with E-state index in [0.717, 1.165) is 16.6 Å². The first-order chi connectivity index (χ1) is 12.0. The molecule has 25 heavy (non-hydrogen) atoms. The minimum absolute atomic E-state index is 0.0306. The Kier molecular flexibility index (Phi) is 5.67. The third kappa shape index (κ3) is 4.77. The van der Waals surface area contributed by atoms with Crippen LogP contribution < -0.4 is 16.4 Å². The predicted octanol–water partition coefficient (Wildman–Crippen LogP) is 4.47. The molecule has 0 saturated carbocycles. The molecule has 0 bridgehead atoms. The lowest BCUT2D eigenvalue weighted by molar-refractivity contribution is 0.628. The topological polar surface area (TPSA) is 88.8 Å². The number of halogens is 3. The van der Waals surface area contributed by atoms with Crippen molar-refractivity contribution in [2.75, 3.05) is 22.9 Å². The first kappa shape index (κ1) is 17.8. The van der Waals surface area contributed by atoms with Gasteiger partial charge in [0.15, 0.2) is 5.13 Å². The molecule has 2 aromatic heterocycles. The maximum absolute atomic E-state index is 13.2. The SMILES string of the molecule is Nc1nc(CCNc2nc(Nc3ccc(F)c(Cl)c3)ncc2Br)cs1. The number of rotatable bonds is 6. The van der Waals surface area contributed by atoms with Crippen molar-refractivity contribution in [3.05, 3.63) is 50.8 Å². The Bertz CT molecular complexity index is 890. The fourth-order valence-corrected chi connectivity index (χ4v) is 3.11. The third-order valence-electron chi connectivity index (χ3n) is 3.16. The zero-order valence-corrected chi connectivity index (χ0v) is 15.9. The molecule has 0 aliphatic carbocycles. The zero-order valence-electron chi connectivity index (χ0n) is 12.8. The third-order valence-corrected chi connectivity index (χ3v) is 4.76. The number of nitrogens with zero attached hydrogens (tertiary/aromatic N) is 3. The number of nitrogens with one attached hydrogen (secondary N) is 2. The smallest absolute Gasteiger partial charge is 0.229 e. The number of nitrogen functional groups attached to an aromatic ring is 1. The van der Waals surface area contributed by atoms with Gasteiger partial charge in [0, 0.05) is 30.2 Å². The Morgan fingerprint density at radius 3 is 2.88 bits per heavy atom. The first-order valence-electron chi connectivity index (χ1n) is 7.19. The normalized spacial score (nSPS) is 10.7. The lowest BCUT2D eigenvalue weighted by Crippen LogP contribution is -2.09. The molecule has 0 unspecified atom stereocenters. The minimum atomic E-state index is -0.478. The van der Waals surface area contributed by atoms with Crippen molar-refractivity contribution in [1.82, 2.24) is 15.0 Å². The summed E-state index contributed by atoms with van der Waals surface area (Å²) in [6.45, 7) is 0.639. The Morgan fingerprint density at radius 2 is 2.16 bits per heavy atom. The molecule has 130 valence electrons. The number of nitrogens with two attached hydrogens (primary N) is 1. The summed E-state index contributed by atoms with van der Waals surface area (Å²) in [5, 5.41) is 8.72. The van der Waals surface area contributed by atoms with E-state index in [2.05, 4.69) is 41.5 Å². The van der Waals surface area contributed by atoms with Gasteiger partial charge in [-0.15, -0.1) is 11.3 Å². The highest BCUT2D eigenvalue weighted by atomic mass is 79.9. The van der Waals surface area contributed by atoms with Gasteiger partial charge in [-0.05, 0) is 34.1 Å². The van der Waals surface area contributed by atoms with E-state index in [4.69, 9.17) is 17.3 Å². The second-order valence-corrected chi connectivity index (χ2v) is 7.15. The van der Waals surface area contributed by atoms with Crippen LogP contribution in [0, 0.1) is 5.82 Å². The Balaban J connectivity index is 1.66. The quantitative estimate of drug-likeness (QED) is 0.521. The highest BCUT2D eigenvalue weighted by molar-refractivity contribution is 9.10. The highest BCUT2D eigenvalue weighted by Crippen LogP contribution is 2.24. The van der Waals surface area contributed by atoms with Gasteiger partial charge in [-0.25, -0.2) is 14.4 Å². The number of hydrogen-bond donors (Lipinski definition) is 3. The molecule has 2 heterocycles. The largest absolute Gasteiger partial charge is 0.375 e. The summed E-state index contributed by atoms with van der Waals surface area (Å²) in [7, 11) is 0. The van der Waals surface area contributed by atoms with Crippen molar-refractivity contribution in [2.24, 2.45) is 0 Å².